The predicted molar refractivity (Wildman–Crippen MR) is 206 cm³/mol. The van der Waals surface area contributed by atoms with E-state index in [0.717, 1.165) is 38.9 Å². The Bertz CT molecular complexity index is 1960. The molecule has 4 aromatic carbocycles. The van der Waals surface area contributed by atoms with E-state index in [1.54, 1.807) is 87.0 Å². The molecule has 55 heavy (non-hydrogen) atoms. The molecule has 0 unspecified atom stereocenters. The summed E-state index contributed by atoms with van der Waals surface area (Å²) in [6, 6.07) is 25.7. The number of halogens is 2. The van der Waals surface area contributed by atoms with Crippen molar-refractivity contribution in [2.45, 2.75) is 36.9 Å². The smallest absolute Gasteiger partial charge is 0.335 e. The van der Waals surface area contributed by atoms with Crippen molar-refractivity contribution in [2.24, 2.45) is 5.73 Å². The third-order valence-electron chi connectivity index (χ3n) is 9.33. The lowest BCUT2D eigenvalue weighted by Crippen LogP contribution is -2.48. The maximum Gasteiger partial charge on any atom is 0.335 e. The summed E-state index contributed by atoms with van der Waals surface area (Å²) in [4.78, 5) is 23.0. The third kappa shape index (κ3) is 13.1. The van der Waals surface area contributed by atoms with Gasteiger partial charge in [0.25, 0.3) is 5.91 Å². The second kappa shape index (κ2) is 21.5. The lowest BCUT2D eigenvalue weighted by Gasteiger charge is -2.35. The number of benzene rings is 4. The van der Waals surface area contributed by atoms with E-state index in [-0.39, 0.29) is 34.3 Å². The number of nitrogens with one attached hydrogen (secondary N) is 1. The van der Waals surface area contributed by atoms with E-state index >= 15 is 0 Å². The fraction of sp³-hybridized carbons (Fsp3) is 0.318. The number of carbonyl (C=O) groups is 2. The molecule has 0 saturated carbocycles. The molecule has 6 rings (SSSR count). The standard InChI is InChI=1S/C22H22FNO3.C15H9FO2.C7H15NO2/c1-26-22(12-14-27-15-13-22)16-24-21(25)19-10-7-17(8-11-19)6-9-18-4-2-3-5-20(18)23;16-14-4-2-1-3-12(14)8-5-11-6-9-13(10-7-11)15(17)18;1-9-7(6-8)2-4-10-5-3-7/h2-5,7-8,10-11H,12-16H2,1H3,(H,24,25);1-4,6-7,9-10H,(H,17,18);2-6,8H2,1H3. The van der Waals surface area contributed by atoms with E-state index in [9.17, 15) is 18.4 Å². The van der Waals surface area contributed by atoms with Crippen LogP contribution in [-0.2, 0) is 18.9 Å². The van der Waals surface area contributed by atoms with Gasteiger partial charge in [0.15, 0.2) is 0 Å². The highest BCUT2D eigenvalue weighted by Crippen LogP contribution is 2.24. The molecule has 0 atom stereocenters. The minimum Gasteiger partial charge on any atom is -0.478 e. The molecular formula is C44H46F2N2O7. The van der Waals surface area contributed by atoms with Crippen LogP contribution in [0, 0.1) is 35.3 Å². The van der Waals surface area contributed by atoms with Crippen LogP contribution in [0.5, 0.6) is 0 Å². The molecule has 2 fully saturated rings. The Hall–Kier alpha value is -5.40. The van der Waals surface area contributed by atoms with Crippen LogP contribution in [0.3, 0.4) is 0 Å². The molecule has 0 aromatic heterocycles. The minimum absolute atomic E-state index is 0.0851. The number of rotatable bonds is 7. The monoisotopic (exact) mass is 752 g/mol. The van der Waals surface area contributed by atoms with Gasteiger partial charge < -0.3 is 35.1 Å². The minimum atomic E-state index is -0.983. The number of amides is 1. The summed E-state index contributed by atoms with van der Waals surface area (Å²) in [7, 11) is 3.39. The lowest BCUT2D eigenvalue weighted by molar-refractivity contribution is -0.0864. The van der Waals surface area contributed by atoms with E-state index in [4.69, 9.17) is 29.8 Å². The van der Waals surface area contributed by atoms with E-state index in [2.05, 4.69) is 29.0 Å². The first-order valence-electron chi connectivity index (χ1n) is 17.8. The molecule has 2 aliphatic heterocycles. The van der Waals surface area contributed by atoms with Crippen molar-refractivity contribution in [1.29, 1.82) is 0 Å². The third-order valence-corrected chi connectivity index (χ3v) is 9.33. The SMILES string of the molecule is COC1(CN)CCOCC1.COC1(CNC(=O)c2ccc(C#Cc3ccccc3F)cc2)CCOCC1.O=C(O)c1ccc(C#Cc2ccccc2F)cc1. The number of carbonyl (C=O) groups excluding carboxylic acids is 1. The number of methoxy groups -OCH3 is 2. The van der Waals surface area contributed by atoms with Crippen LogP contribution >= 0.6 is 0 Å². The van der Waals surface area contributed by atoms with E-state index in [1.165, 1.54) is 24.3 Å². The first-order chi connectivity index (χ1) is 26.6. The molecule has 0 aliphatic carbocycles. The van der Waals surface area contributed by atoms with Crippen LogP contribution in [0.4, 0.5) is 8.78 Å². The summed E-state index contributed by atoms with van der Waals surface area (Å²) in [6.45, 7) is 3.89. The highest BCUT2D eigenvalue weighted by molar-refractivity contribution is 5.94. The van der Waals surface area contributed by atoms with Crippen LogP contribution in [0.15, 0.2) is 97.1 Å². The van der Waals surface area contributed by atoms with Gasteiger partial charge in [-0.1, -0.05) is 47.9 Å². The first kappa shape index (κ1) is 42.3. The Morgan fingerprint density at radius 3 is 1.47 bits per heavy atom. The Morgan fingerprint density at radius 2 is 1.09 bits per heavy atom. The zero-order valence-corrected chi connectivity index (χ0v) is 31.0. The Balaban J connectivity index is 0.000000205. The van der Waals surface area contributed by atoms with Gasteiger partial charge in [0.2, 0.25) is 0 Å². The zero-order valence-electron chi connectivity index (χ0n) is 31.0. The molecule has 0 bridgehead atoms. The number of carboxylic acid groups (broad SMARTS) is 1. The Labute approximate surface area is 321 Å². The summed E-state index contributed by atoms with van der Waals surface area (Å²) < 4.78 is 48.4. The van der Waals surface area contributed by atoms with Gasteiger partial charge in [0.1, 0.15) is 11.6 Å². The number of hydrogen-bond acceptors (Lipinski definition) is 7. The quantitative estimate of drug-likeness (QED) is 0.190. The summed E-state index contributed by atoms with van der Waals surface area (Å²) in [5.74, 6) is 9.35. The van der Waals surface area contributed by atoms with Gasteiger partial charge in [-0.05, 0) is 72.8 Å². The van der Waals surface area contributed by atoms with Gasteiger partial charge in [0, 0.05) is 96.1 Å². The van der Waals surface area contributed by atoms with Crippen LogP contribution in [-0.4, -0.2) is 81.9 Å². The van der Waals surface area contributed by atoms with Gasteiger partial charge in [-0.25, -0.2) is 13.6 Å². The van der Waals surface area contributed by atoms with Gasteiger partial charge in [-0.3, -0.25) is 4.79 Å². The highest BCUT2D eigenvalue weighted by Gasteiger charge is 2.33. The number of ether oxygens (including phenoxy) is 4. The first-order valence-corrected chi connectivity index (χ1v) is 17.8. The number of hydrogen-bond donors (Lipinski definition) is 3. The zero-order chi connectivity index (χ0) is 39.5. The van der Waals surface area contributed by atoms with Crippen molar-refractivity contribution in [2.75, 3.05) is 53.7 Å². The molecule has 4 N–H and O–H groups in total. The van der Waals surface area contributed by atoms with Crippen molar-refractivity contribution in [3.63, 3.8) is 0 Å². The molecule has 1 amide bonds. The number of aromatic carboxylic acids is 1. The van der Waals surface area contributed by atoms with Crippen molar-refractivity contribution >= 4 is 11.9 Å². The molecule has 2 saturated heterocycles. The van der Waals surface area contributed by atoms with Crippen molar-refractivity contribution in [1.82, 2.24) is 5.32 Å². The molecule has 4 aromatic rings. The van der Waals surface area contributed by atoms with Gasteiger partial charge in [-0.2, -0.15) is 0 Å². The second-order valence-corrected chi connectivity index (χ2v) is 12.8. The van der Waals surface area contributed by atoms with Crippen LogP contribution in [0.25, 0.3) is 0 Å². The molecule has 2 heterocycles. The molecule has 11 heteroatoms. The second-order valence-electron chi connectivity index (χ2n) is 12.8. The molecule has 0 radical (unpaired) electrons. The fourth-order valence-corrected chi connectivity index (χ4v) is 5.58. The van der Waals surface area contributed by atoms with Crippen LogP contribution in [0.2, 0.25) is 0 Å². The normalized spacial score (nSPS) is 15.1. The molecule has 2 aliphatic rings. The predicted octanol–water partition coefficient (Wildman–Crippen LogP) is 6.22. The maximum absolute atomic E-state index is 13.6. The highest BCUT2D eigenvalue weighted by atomic mass is 19.1. The van der Waals surface area contributed by atoms with Crippen molar-refractivity contribution in [3.8, 4) is 23.7 Å². The summed E-state index contributed by atoms with van der Waals surface area (Å²) in [5, 5.41) is 11.7. The van der Waals surface area contributed by atoms with Gasteiger partial charge in [-0.15, -0.1) is 0 Å². The van der Waals surface area contributed by atoms with E-state index < -0.39 is 5.97 Å². The van der Waals surface area contributed by atoms with Crippen LogP contribution in [0.1, 0.15) is 68.7 Å². The fourth-order valence-electron chi connectivity index (χ4n) is 5.58. The Kier molecular flexibility index (Phi) is 16.5. The van der Waals surface area contributed by atoms with E-state index in [0.29, 0.717) is 54.1 Å². The maximum atomic E-state index is 13.6. The molecular weight excluding hydrogens is 706 g/mol. The molecule has 0 spiro atoms. The van der Waals surface area contributed by atoms with E-state index in [1.807, 2.05) is 0 Å². The van der Waals surface area contributed by atoms with Crippen LogP contribution < -0.4 is 11.1 Å². The number of nitrogens with two attached hydrogens (primary N) is 1. The Morgan fingerprint density at radius 1 is 0.673 bits per heavy atom. The number of carboxylic acids is 1. The lowest BCUT2D eigenvalue weighted by atomic mass is 9.94. The van der Waals surface area contributed by atoms with Gasteiger partial charge >= 0.3 is 5.97 Å². The van der Waals surface area contributed by atoms with Crippen molar-refractivity contribution < 1.29 is 42.4 Å². The summed E-state index contributed by atoms with van der Waals surface area (Å²) in [5.41, 5.74) is 7.89. The molecule has 288 valence electrons. The largest absolute Gasteiger partial charge is 0.478 e. The van der Waals surface area contributed by atoms with Crippen molar-refractivity contribution in [3.05, 3.63) is 142 Å². The molecule has 9 nitrogen and oxygen atoms in total. The van der Waals surface area contributed by atoms with Gasteiger partial charge in [0.05, 0.1) is 27.9 Å². The average Bonchev–Trinajstić information content (AvgIpc) is 3.23. The summed E-state index contributed by atoms with van der Waals surface area (Å²) >= 11 is 0. The average molecular weight is 753 g/mol. The topological polar surface area (TPSA) is 129 Å². The summed E-state index contributed by atoms with van der Waals surface area (Å²) in [6.07, 6.45) is 3.38.